The molecule has 68 valence electrons. The van der Waals surface area contributed by atoms with Crippen molar-refractivity contribution in [1.29, 1.82) is 0 Å². The number of piperazine rings is 1. The maximum Gasteiger partial charge on any atom is 0.128 e. The molecule has 1 rings (SSSR count). The topological polar surface area (TPSA) is 0 Å². The quantitative estimate of drug-likeness (QED) is 0.329. The van der Waals surface area contributed by atoms with Crippen molar-refractivity contribution in [2.75, 3.05) is 54.4 Å². The first kappa shape index (κ1) is 11.6. The van der Waals surface area contributed by atoms with Gasteiger partial charge < -0.3 is 32.9 Å². The number of likely N-dealkylation sites (N-methyl/N-ethyl adjacent to an activating group) is 2. The fourth-order valence-corrected chi connectivity index (χ4v) is 1.31. The van der Waals surface area contributed by atoms with E-state index in [0.29, 0.717) is 0 Å². The molecule has 0 spiro atoms. The molecule has 1 saturated heterocycles. The molecule has 1 aliphatic heterocycles. The summed E-state index contributed by atoms with van der Waals surface area (Å²) >= 11 is 0. The van der Waals surface area contributed by atoms with Gasteiger partial charge in [0, 0.05) is 0 Å². The molecule has 0 saturated carbocycles. The summed E-state index contributed by atoms with van der Waals surface area (Å²) < 4.78 is 2.42. The molecule has 0 aromatic carbocycles. The van der Waals surface area contributed by atoms with E-state index in [2.05, 4.69) is 28.2 Å². The highest BCUT2D eigenvalue weighted by molar-refractivity contribution is 4.43. The van der Waals surface area contributed by atoms with Crippen LogP contribution in [0.5, 0.6) is 0 Å². The highest BCUT2D eigenvalue weighted by Crippen LogP contribution is 2.09. The SMILES string of the molecule is C[N+]1(C)CC[N+](C)(C)CC1.[I-]. The van der Waals surface area contributed by atoms with Crippen molar-refractivity contribution in [3.8, 4) is 0 Å². The molecular weight excluding hydrogens is 251 g/mol. The first-order chi connectivity index (χ1) is 4.41. The molecule has 1 aliphatic rings. The summed E-state index contributed by atoms with van der Waals surface area (Å²) in [7, 11) is 9.27. The van der Waals surface area contributed by atoms with Gasteiger partial charge in [0.1, 0.15) is 26.2 Å². The van der Waals surface area contributed by atoms with Crippen molar-refractivity contribution >= 4 is 0 Å². The van der Waals surface area contributed by atoms with Crippen molar-refractivity contribution in [3.05, 3.63) is 0 Å². The molecule has 11 heavy (non-hydrogen) atoms. The van der Waals surface area contributed by atoms with E-state index in [-0.39, 0.29) is 24.0 Å². The van der Waals surface area contributed by atoms with Crippen LogP contribution in [0.3, 0.4) is 0 Å². The maximum absolute atomic E-state index is 2.32. The third-order valence-corrected chi connectivity index (χ3v) is 2.62. The second-order valence-corrected chi connectivity index (χ2v) is 4.77. The fraction of sp³-hybridized carbons (Fsp3) is 1.00. The molecule has 1 fully saturated rings. The highest BCUT2D eigenvalue weighted by atomic mass is 127. The van der Waals surface area contributed by atoms with Crippen LogP contribution in [0.15, 0.2) is 0 Å². The Bertz CT molecular complexity index is 104. The Hall–Kier alpha value is 0.650. The smallest absolute Gasteiger partial charge is 0.128 e. The van der Waals surface area contributed by atoms with Crippen molar-refractivity contribution in [3.63, 3.8) is 0 Å². The number of halogens is 1. The lowest BCUT2D eigenvalue weighted by molar-refractivity contribution is -0.998. The second kappa shape index (κ2) is 3.58. The zero-order valence-corrected chi connectivity index (χ0v) is 10.3. The molecule has 1 heterocycles. The van der Waals surface area contributed by atoms with E-state index in [1.807, 2.05) is 0 Å². The van der Waals surface area contributed by atoms with Crippen LogP contribution in [-0.4, -0.2) is 63.3 Å². The minimum Gasteiger partial charge on any atom is -1.00 e. The maximum atomic E-state index is 2.32. The van der Waals surface area contributed by atoms with Gasteiger partial charge in [0.25, 0.3) is 0 Å². The highest BCUT2D eigenvalue weighted by Gasteiger charge is 2.30. The first-order valence-electron chi connectivity index (χ1n) is 4.05. The van der Waals surface area contributed by atoms with Gasteiger partial charge in [-0.2, -0.15) is 0 Å². The Kier molecular flexibility index (Phi) is 3.79. The predicted molar refractivity (Wildman–Crippen MR) is 43.7 cm³/mol. The molecule has 0 N–H and O–H groups in total. The van der Waals surface area contributed by atoms with Crippen molar-refractivity contribution in [1.82, 2.24) is 0 Å². The van der Waals surface area contributed by atoms with Crippen LogP contribution in [0.4, 0.5) is 0 Å². The number of quaternary nitrogens is 2. The van der Waals surface area contributed by atoms with Crippen LogP contribution in [-0.2, 0) is 0 Å². The van der Waals surface area contributed by atoms with Gasteiger partial charge in [0.15, 0.2) is 0 Å². The van der Waals surface area contributed by atoms with E-state index in [4.69, 9.17) is 0 Å². The second-order valence-electron chi connectivity index (χ2n) is 4.77. The van der Waals surface area contributed by atoms with Gasteiger partial charge in [0.2, 0.25) is 0 Å². The van der Waals surface area contributed by atoms with Crippen LogP contribution in [0.2, 0.25) is 0 Å². The van der Waals surface area contributed by atoms with E-state index in [9.17, 15) is 0 Å². The third kappa shape index (κ3) is 3.71. The van der Waals surface area contributed by atoms with Gasteiger partial charge in [0.05, 0.1) is 28.2 Å². The fourth-order valence-electron chi connectivity index (χ4n) is 1.31. The Balaban J connectivity index is 0.000001000. The zero-order chi connectivity index (χ0) is 7.83. The summed E-state index contributed by atoms with van der Waals surface area (Å²) in [4.78, 5) is 0. The molecule has 0 bridgehead atoms. The van der Waals surface area contributed by atoms with Gasteiger partial charge in [-0.05, 0) is 0 Å². The largest absolute Gasteiger partial charge is 1.00 e. The van der Waals surface area contributed by atoms with Gasteiger partial charge in [-0.3, -0.25) is 0 Å². The first-order valence-corrected chi connectivity index (χ1v) is 4.05. The summed E-state index contributed by atoms with van der Waals surface area (Å²) in [6.07, 6.45) is 0. The number of hydrogen-bond donors (Lipinski definition) is 0. The number of nitrogens with zero attached hydrogens (tertiary/aromatic N) is 2. The average Bonchev–Trinajstić information content (AvgIpc) is 1.79. The summed E-state index contributed by atoms with van der Waals surface area (Å²) in [6.45, 7) is 5.31. The van der Waals surface area contributed by atoms with Gasteiger partial charge in [-0.15, -0.1) is 0 Å². The summed E-state index contributed by atoms with van der Waals surface area (Å²) in [5.41, 5.74) is 0. The Morgan fingerprint density at radius 3 is 1.00 bits per heavy atom. The molecule has 0 aromatic rings. The third-order valence-electron chi connectivity index (χ3n) is 2.62. The van der Waals surface area contributed by atoms with Crippen LogP contribution < -0.4 is 24.0 Å². The summed E-state index contributed by atoms with van der Waals surface area (Å²) in [5.74, 6) is 0. The van der Waals surface area contributed by atoms with E-state index in [1.54, 1.807) is 0 Å². The van der Waals surface area contributed by atoms with Crippen LogP contribution in [0.1, 0.15) is 0 Å². The lowest BCUT2D eigenvalue weighted by atomic mass is 10.2. The van der Waals surface area contributed by atoms with Gasteiger partial charge in [-0.25, -0.2) is 0 Å². The number of rotatable bonds is 0. The van der Waals surface area contributed by atoms with Gasteiger partial charge >= 0.3 is 0 Å². The van der Waals surface area contributed by atoms with Crippen molar-refractivity contribution in [2.45, 2.75) is 0 Å². The van der Waals surface area contributed by atoms with Gasteiger partial charge in [-0.1, -0.05) is 0 Å². The molecule has 0 aliphatic carbocycles. The monoisotopic (exact) mass is 271 g/mol. The average molecular weight is 271 g/mol. The Labute approximate surface area is 87.4 Å². The van der Waals surface area contributed by atoms with E-state index >= 15 is 0 Å². The summed E-state index contributed by atoms with van der Waals surface area (Å²) in [5, 5.41) is 0. The van der Waals surface area contributed by atoms with Crippen molar-refractivity contribution < 1.29 is 32.9 Å². The molecule has 0 radical (unpaired) electrons. The van der Waals surface area contributed by atoms with Crippen LogP contribution in [0.25, 0.3) is 0 Å². The summed E-state index contributed by atoms with van der Waals surface area (Å²) in [6, 6.07) is 0. The molecule has 0 unspecified atom stereocenters. The molecular formula is C8H20IN2+. The standard InChI is InChI=1S/C8H20N2.HI/c1-9(2)5-7-10(3,4)8-6-9;/h5-8H2,1-4H3;1H/q+2;/p-1. The molecule has 0 amide bonds. The molecule has 0 atom stereocenters. The normalized spacial score (nSPS) is 27.3. The van der Waals surface area contributed by atoms with Crippen LogP contribution >= 0.6 is 0 Å². The van der Waals surface area contributed by atoms with E-state index < -0.39 is 0 Å². The lowest BCUT2D eigenvalue weighted by Crippen LogP contribution is -3.00. The predicted octanol–water partition coefficient (Wildman–Crippen LogP) is -2.84. The Morgan fingerprint density at radius 2 is 0.818 bits per heavy atom. The molecule has 0 aromatic heterocycles. The Morgan fingerprint density at radius 1 is 0.636 bits per heavy atom. The lowest BCUT2D eigenvalue weighted by Gasteiger charge is -2.42. The van der Waals surface area contributed by atoms with E-state index in [1.165, 1.54) is 35.1 Å². The van der Waals surface area contributed by atoms with E-state index in [0.717, 1.165) is 0 Å². The molecule has 2 nitrogen and oxygen atoms in total. The van der Waals surface area contributed by atoms with Crippen LogP contribution in [0, 0.1) is 0 Å². The van der Waals surface area contributed by atoms with Crippen molar-refractivity contribution in [2.24, 2.45) is 0 Å². The minimum atomic E-state index is 0. The number of hydrogen-bond acceptors (Lipinski definition) is 0. The molecule has 3 heteroatoms. The minimum absolute atomic E-state index is 0. The zero-order valence-electron chi connectivity index (χ0n) is 8.10.